The van der Waals surface area contributed by atoms with Crippen molar-refractivity contribution in [2.75, 3.05) is 6.54 Å². The normalized spacial score (nSPS) is 26.0. The maximum atomic E-state index is 5.65. The van der Waals surface area contributed by atoms with Gasteiger partial charge in [0.1, 0.15) is 6.10 Å². The Morgan fingerprint density at radius 3 is 3.00 bits per heavy atom. The summed E-state index contributed by atoms with van der Waals surface area (Å²) in [6.07, 6.45) is 2.35. The molecule has 1 N–H and O–H groups in total. The first-order valence-electron chi connectivity index (χ1n) is 5.48. The first-order valence-corrected chi connectivity index (χ1v) is 5.48. The lowest BCUT2D eigenvalue weighted by molar-refractivity contribution is 0.0355. The fourth-order valence-electron chi connectivity index (χ4n) is 1.69. The van der Waals surface area contributed by atoms with Crippen LogP contribution in [0, 0.1) is 0 Å². The van der Waals surface area contributed by atoms with E-state index in [1.807, 2.05) is 6.92 Å². The van der Waals surface area contributed by atoms with Gasteiger partial charge >= 0.3 is 0 Å². The third-order valence-corrected chi connectivity index (χ3v) is 2.52. The van der Waals surface area contributed by atoms with Gasteiger partial charge in [-0.15, -0.1) is 0 Å². The van der Waals surface area contributed by atoms with Crippen LogP contribution in [-0.4, -0.2) is 22.8 Å². The van der Waals surface area contributed by atoms with E-state index >= 15 is 0 Å². The van der Waals surface area contributed by atoms with Crippen LogP contribution in [0.5, 0.6) is 0 Å². The predicted molar refractivity (Wildman–Crippen MR) is 54.2 cm³/mol. The molecule has 0 aromatic carbocycles. The third-order valence-electron chi connectivity index (χ3n) is 2.52. The lowest BCUT2D eigenvalue weighted by Gasteiger charge is -2.04. The van der Waals surface area contributed by atoms with Crippen molar-refractivity contribution in [3.05, 3.63) is 11.7 Å². The van der Waals surface area contributed by atoms with E-state index in [-0.39, 0.29) is 6.10 Å². The molecule has 1 aromatic heterocycles. The number of rotatable bonds is 4. The molecule has 2 heterocycles. The molecular weight excluding hydrogens is 194 g/mol. The summed E-state index contributed by atoms with van der Waals surface area (Å²) in [5, 5.41) is 7.05. The highest BCUT2D eigenvalue weighted by atomic mass is 16.5. The minimum atomic E-state index is 0.00266. The summed E-state index contributed by atoms with van der Waals surface area (Å²) in [5.41, 5.74) is 0. The molecule has 0 spiro atoms. The van der Waals surface area contributed by atoms with Gasteiger partial charge in [-0.2, -0.15) is 4.98 Å². The molecule has 1 saturated heterocycles. The lowest BCUT2D eigenvalue weighted by Crippen LogP contribution is -2.13. The second kappa shape index (κ2) is 4.72. The molecule has 84 valence electrons. The van der Waals surface area contributed by atoms with Crippen molar-refractivity contribution in [1.29, 1.82) is 0 Å². The molecule has 2 atom stereocenters. The van der Waals surface area contributed by atoms with Crippen LogP contribution in [-0.2, 0) is 11.3 Å². The van der Waals surface area contributed by atoms with Gasteiger partial charge in [-0.05, 0) is 26.3 Å². The maximum absolute atomic E-state index is 5.65. The average molecular weight is 211 g/mol. The van der Waals surface area contributed by atoms with E-state index < -0.39 is 0 Å². The summed E-state index contributed by atoms with van der Waals surface area (Å²) in [4.78, 5) is 4.30. The Kier molecular flexibility index (Phi) is 3.33. The molecule has 5 heteroatoms. The van der Waals surface area contributed by atoms with E-state index in [1.165, 1.54) is 0 Å². The Bertz CT molecular complexity index is 313. The Morgan fingerprint density at radius 1 is 1.47 bits per heavy atom. The molecule has 1 aliphatic heterocycles. The minimum Gasteiger partial charge on any atom is -0.365 e. The highest BCUT2D eigenvalue weighted by molar-refractivity contribution is 4.92. The Labute approximate surface area is 89.2 Å². The summed E-state index contributed by atoms with van der Waals surface area (Å²) in [6, 6.07) is 0. The lowest BCUT2D eigenvalue weighted by atomic mass is 10.2. The van der Waals surface area contributed by atoms with Crippen LogP contribution >= 0.6 is 0 Å². The van der Waals surface area contributed by atoms with Crippen molar-refractivity contribution < 1.29 is 9.26 Å². The highest BCUT2D eigenvalue weighted by Gasteiger charge is 2.27. The van der Waals surface area contributed by atoms with E-state index in [2.05, 4.69) is 22.4 Å². The summed E-state index contributed by atoms with van der Waals surface area (Å²) in [6.45, 7) is 5.67. The molecule has 1 fully saturated rings. The second-order valence-corrected chi connectivity index (χ2v) is 3.84. The van der Waals surface area contributed by atoms with Crippen molar-refractivity contribution in [3.8, 4) is 0 Å². The number of ether oxygens (including phenoxy) is 1. The molecule has 0 radical (unpaired) electrons. The van der Waals surface area contributed by atoms with Crippen molar-refractivity contribution in [1.82, 2.24) is 15.5 Å². The van der Waals surface area contributed by atoms with Gasteiger partial charge in [0.05, 0.1) is 12.6 Å². The molecular formula is C10H17N3O2. The standard InChI is InChI=1S/C10H17N3O2/c1-3-11-6-9-12-10(15-13-9)8-5-4-7(2)14-8/h7-8,11H,3-6H2,1-2H3. The zero-order valence-corrected chi connectivity index (χ0v) is 9.19. The van der Waals surface area contributed by atoms with Gasteiger partial charge < -0.3 is 14.6 Å². The van der Waals surface area contributed by atoms with Crippen molar-refractivity contribution >= 4 is 0 Å². The van der Waals surface area contributed by atoms with Gasteiger partial charge in [0.15, 0.2) is 5.82 Å². The Morgan fingerprint density at radius 2 is 2.33 bits per heavy atom. The van der Waals surface area contributed by atoms with Gasteiger partial charge in [0, 0.05) is 0 Å². The highest BCUT2D eigenvalue weighted by Crippen LogP contribution is 2.31. The number of hydrogen-bond donors (Lipinski definition) is 1. The second-order valence-electron chi connectivity index (χ2n) is 3.84. The molecule has 0 aliphatic carbocycles. The summed E-state index contributed by atoms with van der Waals surface area (Å²) >= 11 is 0. The molecule has 15 heavy (non-hydrogen) atoms. The summed E-state index contributed by atoms with van der Waals surface area (Å²) < 4.78 is 10.8. The Hall–Kier alpha value is -0.940. The van der Waals surface area contributed by atoms with E-state index in [9.17, 15) is 0 Å². The number of aromatic nitrogens is 2. The van der Waals surface area contributed by atoms with Crippen LogP contribution in [0.1, 0.15) is 44.5 Å². The molecule has 0 amide bonds. The smallest absolute Gasteiger partial charge is 0.255 e. The van der Waals surface area contributed by atoms with Crippen molar-refractivity contribution in [2.45, 2.75) is 45.4 Å². The fourth-order valence-corrected chi connectivity index (χ4v) is 1.69. The monoisotopic (exact) mass is 211 g/mol. The van der Waals surface area contributed by atoms with Gasteiger partial charge in [-0.25, -0.2) is 0 Å². The van der Waals surface area contributed by atoms with Gasteiger partial charge in [-0.1, -0.05) is 12.1 Å². The molecule has 1 aromatic rings. The fraction of sp³-hybridized carbons (Fsp3) is 0.800. The van der Waals surface area contributed by atoms with Gasteiger partial charge in [0.2, 0.25) is 0 Å². The van der Waals surface area contributed by atoms with Crippen molar-refractivity contribution in [3.63, 3.8) is 0 Å². The van der Waals surface area contributed by atoms with Crippen molar-refractivity contribution in [2.24, 2.45) is 0 Å². The number of nitrogens with one attached hydrogen (secondary N) is 1. The maximum Gasteiger partial charge on any atom is 0.255 e. The van der Waals surface area contributed by atoms with Crippen LogP contribution in [0.15, 0.2) is 4.52 Å². The van der Waals surface area contributed by atoms with Gasteiger partial charge in [-0.3, -0.25) is 0 Å². The molecule has 1 aliphatic rings. The SMILES string of the molecule is CCNCc1noc(C2CCC(C)O2)n1. The van der Waals surface area contributed by atoms with Gasteiger partial charge in [0.25, 0.3) is 5.89 Å². The molecule has 0 saturated carbocycles. The summed E-state index contributed by atoms with van der Waals surface area (Å²) in [7, 11) is 0. The van der Waals surface area contributed by atoms with Crippen LogP contribution < -0.4 is 5.32 Å². The average Bonchev–Trinajstić information content (AvgIpc) is 2.83. The van der Waals surface area contributed by atoms with E-state index in [1.54, 1.807) is 0 Å². The summed E-state index contributed by atoms with van der Waals surface area (Å²) in [5.74, 6) is 1.32. The zero-order chi connectivity index (χ0) is 10.7. The van der Waals surface area contributed by atoms with E-state index in [4.69, 9.17) is 9.26 Å². The van der Waals surface area contributed by atoms with Crippen LogP contribution in [0.3, 0.4) is 0 Å². The largest absolute Gasteiger partial charge is 0.365 e. The van der Waals surface area contributed by atoms with Crippen LogP contribution in [0.2, 0.25) is 0 Å². The molecule has 5 nitrogen and oxygen atoms in total. The first-order chi connectivity index (χ1) is 7.29. The number of hydrogen-bond acceptors (Lipinski definition) is 5. The van der Waals surface area contributed by atoms with E-state index in [0.29, 0.717) is 24.4 Å². The predicted octanol–water partition coefficient (Wildman–Crippen LogP) is 1.42. The van der Waals surface area contributed by atoms with Crippen LogP contribution in [0.4, 0.5) is 0 Å². The minimum absolute atomic E-state index is 0.00266. The molecule has 2 rings (SSSR count). The van der Waals surface area contributed by atoms with Crippen LogP contribution in [0.25, 0.3) is 0 Å². The Balaban J connectivity index is 1.94. The van der Waals surface area contributed by atoms with E-state index in [0.717, 1.165) is 19.4 Å². The first kappa shape index (κ1) is 10.6. The molecule has 0 bridgehead atoms. The third kappa shape index (κ3) is 2.54. The molecule has 2 unspecified atom stereocenters. The quantitative estimate of drug-likeness (QED) is 0.816. The topological polar surface area (TPSA) is 60.2 Å². The zero-order valence-electron chi connectivity index (χ0n) is 9.19. The number of nitrogens with zero attached hydrogens (tertiary/aromatic N) is 2.